The fourth-order valence-corrected chi connectivity index (χ4v) is 2.79. The van der Waals surface area contributed by atoms with Crippen molar-refractivity contribution >= 4 is 23.1 Å². The Labute approximate surface area is 171 Å². The Morgan fingerprint density at radius 2 is 1.62 bits per heavy atom. The summed E-state index contributed by atoms with van der Waals surface area (Å²) in [7, 11) is 3.23. The molecule has 2 N–H and O–H groups in total. The number of hydrogen-bond donors (Lipinski definition) is 2. The smallest absolute Gasteiger partial charge is 0.229 e. The van der Waals surface area contributed by atoms with Crippen molar-refractivity contribution in [3.8, 4) is 17.2 Å². The molecule has 29 heavy (non-hydrogen) atoms. The number of nitrogens with one attached hydrogen (secondary N) is 2. The highest BCUT2D eigenvalue weighted by molar-refractivity contribution is 5.68. The van der Waals surface area contributed by atoms with E-state index in [1.807, 2.05) is 69.3 Å². The SMILES string of the molecule is COc1ccc(OC)c(Nc2nc(C)cc(Nc3ccccc3OC(C)C)n2)c1. The summed E-state index contributed by atoms with van der Waals surface area (Å²) in [5.74, 6) is 3.24. The van der Waals surface area contributed by atoms with Gasteiger partial charge < -0.3 is 24.8 Å². The largest absolute Gasteiger partial charge is 0.497 e. The normalized spacial score (nSPS) is 10.6. The van der Waals surface area contributed by atoms with Crippen LogP contribution in [0.5, 0.6) is 17.2 Å². The highest BCUT2D eigenvalue weighted by atomic mass is 16.5. The molecule has 3 aromatic rings. The molecule has 1 aromatic heterocycles. The van der Waals surface area contributed by atoms with Gasteiger partial charge in [-0.2, -0.15) is 4.98 Å². The standard InChI is InChI=1S/C22H26N4O3/c1-14(2)29-20-9-7-6-8-17(20)24-21-12-15(3)23-22(26-21)25-18-13-16(27-4)10-11-19(18)28-5/h6-14H,1-5H3,(H2,23,24,25,26). The second-order valence-electron chi connectivity index (χ2n) is 6.70. The number of ether oxygens (including phenoxy) is 3. The molecular formula is C22H26N4O3. The average Bonchev–Trinajstić information content (AvgIpc) is 2.68. The van der Waals surface area contributed by atoms with E-state index in [0.717, 1.165) is 17.1 Å². The van der Waals surface area contributed by atoms with Crippen LogP contribution in [0.15, 0.2) is 48.5 Å². The van der Waals surface area contributed by atoms with Gasteiger partial charge in [-0.25, -0.2) is 4.98 Å². The molecule has 0 atom stereocenters. The van der Waals surface area contributed by atoms with Gasteiger partial charge >= 0.3 is 0 Å². The maximum Gasteiger partial charge on any atom is 0.229 e. The maximum atomic E-state index is 5.88. The Morgan fingerprint density at radius 1 is 0.828 bits per heavy atom. The van der Waals surface area contributed by atoms with E-state index in [9.17, 15) is 0 Å². The molecule has 2 aromatic carbocycles. The fourth-order valence-electron chi connectivity index (χ4n) is 2.79. The van der Waals surface area contributed by atoms with Gasteiger partial charge in [-0.05, 0) is 45.0 Å². The van der Waals surface area contributed by atoms with Gasteiger partial charge in [0.1, 0.15) is 23.1 Å². The van der Waals surface area contributed by atoms with E-state index >= 15 is 0 Å². The van der Waals surface area contributed by atoms with E-state index in [1.165, 1.54) is 0 Å². The van der Waals surface area contributed by atoms with Crippen molar-refractivity contribution in [3.05, 3.63) is 54.2 Å². The van der Waals surface area contributed by atoms with Crippen LogP contribution in [-0.4, -0.2) is 30.3 Å². The van der Waals surface area contributed by atoms with Gasteiger partial charge in [0.2, 0.25) is 5.95 Å². The first-order chi connectivity index (χ1) is 14.0. The zero-order chi connectivity index (χ0) is 20.8. The number of benzene rings is 2. The minimum atomic E-state index is 0.0721. The van der Waals surface area contributed by atoms with E-state index in [4.69, 9.17) is 14.2 Å². The number of nitrogens with zero attached hydrogens (tertiary/aromatic N) is 2. The van der Waals surface area contributed by atoms with Crippen LogP contribution in [0.1, 0.15) is 19.5 Å². The Balaban J connectivity index is 1.88. The predicted molar refractivity (Wildman–Crippen MR) is 115 cm³/mol. The van der Waals surface area contributed by atoms with Gasteiger partial charge in [0.25, 0.3) is 0 Å². The summed E-state index contributed by atoms with van der Waals surface area (Å²) in [6, 6.07) is 15.1. The number of aromatic nitrogens is 2. The number of para-hydroxylation sites is 2. The molecule has 0 aliphatic heterocycles. The molecule has 0 bridgehead atoms. The highest BCUT2D eigenvalue weighted by Crippen LogP contribution is 2.32. The predicted octanol–water partition coefficient (Wildman–Crippen LogP) is 5.08. The average molecular weight is 394 g/mol. The second kappa shape index (κ2) is 9.14. The van der Waals surface area contributed by atoms with Crippen molar-refractivity contribution < 1.29 is 14.2 Å². The molecule has 0 saturated heterocycles. The molecule has 0 unspecified atom stereocenters. The van der Waals surface area contributed by atoms with Crippen LogP contribution >= 0.6 is 0 Å². The second-order valence-corrected chi connectivity index (χ2v) is 6.70. The summed E-state index contributed by atoms with van der Waals surface area (Å²) < 4.78 is 16.6. The van der Waals surface area contributed by atoms with Crippen LogP contribution in [0.2, 0.25) is 0 Å². The summed E-state index contributed by atoms with van der Waals surface area (Å²) in [5, 5.41) is 6.54. The Morgan fingerprint density at radius 3 is 2.34 bits per heavy atom. The van der Waals surface area contributed by atoms with Crippen LogP contribution < -0.4 is 24.8 Å². The van der Waals surface area contributed by atoms with Gasteiger partial charge in [0.15, 0.2) is 0 Å². The topological polar surface area (TPSA) is 77.5 Å². The summed E-state index contributed by atoms with van der Waals surface area (Å²) in [5.41, 5.74) is 2.37. The quantitative estimate of drug-likeness (QED) is 0.552. The first-order valence-corrected chi connectivity index (χ1v) is 9.36. The first kappa shape index (κ1) is 20.3. The van der Waals surface area contributed by atoms with Gasteiger partial charge in [-0.1, -0.05) is 12.1 Å². The number of anilines is 4. The number of methoxy groups -OCH3 is 2. The zero-order valence-corrected chi connectivity index (χ0v) is 17.3. The molecule has 7 heteroatoms. The summed E-state index contributed by atoms with van der Waals surface area (Å²) in [6.07, 6.45) is 0.0721. The lowest BCUT2D eigenvalue weighted by Gasteiger charge is -2.16. The van der Waals surface area contributed by atoms with Crippen LogP contribution in [0.25, 0.3) is 0 Å². The third-order valence-electron chi connectivity index (χ3n) is 4.02. The third-order valence-corrected chi connectivity index (χ3v) is 4.02. The minimum Gasteiger partial charge on any atom is -0.497 e. The third kappa shape index (κ3) is 5.28. The van der Waals surface area contributed by atoms with Crippen molar-refractivity contribution in [2.45, 2.75) is 26.9 Å². The molecule has 0 amide bonds. The molecule has 0 saturated carbocycles. The summed E-state index contributed by atoms with van der Waals surface area (Å²) >= 11 is 0. The van der Waals surface area contributed by atoms with Gasteiger partial charge in [-0.3, -0.25) is 0 Å². The maximum absolute atomic E-state index is 5.88. The summed E-state index contributed by atoms with van der Waals surface area (Å²) in [6.45, 7) is 5.90. The molecule has 152 valence electrons. The number of hydrogen-bond acceptors (Lipinski definition) is 7. The van der Waals surface area contributed by atoms with Gasteiger partial charge in [0.05, 0.1) is 31.7 Å². The highest BCUT2D eigenvalue weighted by Gasteiger charge is 2.11. The summed E-state index contributed by atoms with van der Waals surface area (Å²) in [4.78, 5) is 9.07. The van der Waals surface area contributed by atoms with Gasteiger partial charge in [0, 0.05) is 17.8 Å². The molecule has 1 heterocycles. The van der Waals surface area contributed by atoms with Crippen LogP contribution in [0.4, 0.5) is 23.1 Å². The van der Waals surface area contributed by atoms with E-state index in [1.54, 1.807) is 14.2 Å². The Bertz CT molecular complexity index is 976. The molecular weight excluding hydrogens is 368 g/mol. The number of rotatable bonds is 8. The molecule has 0 spiro atoms. The van der Waals surface area contributed by atoms with Crippen molar-refractivity contribution in [2.75, 3.05) is 24.9 Å². The molecule has 3 rings (SSSR count). The molecule has 0 fully saturated rings. The van der Waals surface area contributed by atoms with E-state index < -0.39 is 0 Å². The van der Waals surface area contributed by atoms with E-state index in [0.29, 0.717) is 29.0 Å². The monoisotopic (exact) mass is 394 g/mol. The fraction of sp³-hybridized carbons (Fsp3) is 0.273. The lowest BCUT2D eigenvalue weighted by molar-refractivity contribution is 0.244. The van der Waals surface area contributed by atoms with Crippen molar-refractivity contribution in [2.24, 2.45) is 0 Å². The molecule has 7 nitrogen and oxygen atoms in total. The molecule has 0 aliphatic rings. The van der Waals surface area contributed by atoms with E-state index in [-0.39, 0.29) is 6.10 Å². The minimum absolute atomic E-state index is 0.0721. The Kier molecular flexibility index (Phi) is 6.39. The van der Waals surface area contributed by atoms with Gasteiger partial charge in [-0.15, -0.1) is 0 Å². The Hall–Kier alpha value is -3.48. The lowest BCUT2D eigenvalue weighted by Crippen LogP contribution is -2.08. The van der Waals surface area contributed by atoms with Crippen molar-refractivity contribution in [1.82, 2.24) is 9.97 Å². The van der Waals surface area contributed by atoms with Crippen LogP contribution in [0, 0.1) is 6.92 Å². The molecule has 0 aliphatic carbocycles. The number of aryl methyl sites for hydroxylation is 1. The van der Waals surface area contributed by atoms with Crippen LogP contribution in [0.3, 0.4) is 0 Å². The van der Waals surface area contributed by atoms with Crippen molar-refractivity contribution in [3.63, 3.8) is 0 Å². The van der Waals surface area contributed by atoms with E-state index in [2.05, 4.69) is 20.6 Å². The van der Waals surface area contributed by atoms with Crippen molar-refractivity contribution in [1.29, 1.82) is 0 Å². The van der Waals surface area contributed by atoms with Crippen LogP contribution in [-0.2, 0) is 0 Å². The molecule has 0 radical (unpaired) electrons. The zero-order valence-electron chi connectivity index (χ0n) is 17.3. The lowest BCUT2D eigenvalue weighted by atomic mass is 10.2. The first-order valence-electron chi connectivity index (χ1n) is 9.36.